The third-order valence-corrected chi connectivity index (χ3v) is 3.05. The monoisotopic (exact) mass is 235 g/mol. The zero-order valence-electron chi connectivity index (χ0n) is 8.34. The number of aliphatic carboxylic acids is 1. The van der Waals surface area contributed by atoms with E-state index in [9.17, 15) is 18.0 Å². The minimum atomic E-state index is -3.34. The third-order valence-electron chi connectivity index (χ3n) is 2.28. The van der Waals surface area contributed by atoms with E-state index < -0.39 is 33.4 Å². The molecule has 6 nitrogen and oxygen atoms in total. The first-order valence-corrected chi connectivity index (χ1v) is 6.54. The zero-order valence-corrected chi connectivity index (χ0v) is 9.16. The summed E-state index contributed by atoms with van der Waals surface area (Å²) in [6, 6.07) is 0. The SMILES string of the molecule is CS(=O)(=O)CC(=O)N1CCC(C(=O)O)C1. The molecule has 0 aliphatic carbocycles. The van der Waals surface area contributed by atoms with Gasteiger partial charge in [-0.05, 0) is 6.42 Å². The molecule has 1 saturated heterocycles. The minimum absolute atomic E-state index is 0.115. The zero-order chi connectivity index (χ0) is 11.6. The van der Waals surface area contributed by atoms with Crippen LogP contribution in [-0.2, 0) is 19.4 Å². The predicted molar refractivity (Wildman–Crippen MR) is 52.0 cm³/mol. The maximum Gasteiger partial charge on any atom is 0.308 e. The van der Waals surface area contributed by atoms with Gasteiger partial charge in [-0.1, -0.05) is 0 Å². The number of hydrogen-bond donors (Lipinski definition) is 1. The van der Waals surface area contributed by atoms with Gasteiger partial charge in [-0.2, -0.15) is 0 Å². The Kier molecular flexibility index (Phi) is 3.33. The van der Waals surface area contributed by atoms with Gasteiger partial charge < -0.3 is 10.0 Å². The number of sulfone groups is 1. The summed E-state index contributed by atoms with van der Waals surface area (Å²) < 4.78 is 21.7. The number of carbonyl (C=O) groups is 2. The smallest absolute Gasteiger partial charge is 0.308 e. The van der Waals surface area contributed by atoms with Crippen LogP contribution < -0.4 is 0 Å². The van der Waals surface area contributed by atoms with Crippen LogP contribution in [0.15, 0.2) is 0 Å². The van der Waals surface area contributed by atoms with Gasteiger partial charge in [0.2, 0.25) is 5.91 Å². The summed E-state index contributed by atoms with van der Waals surface area (Å²) in [7, 11) is -3.34. The molecule has 1 aliphatic heterocycles. The van der Waals surface area contributed by atoms with E-state index in [2.05, 4.69) is 0 Å². The number of carboxylic acids is 1. The lowest BCUT2D eigenvalue weighted by molar-refractivity contribution is -0.141. The van der Waals surface area contributed by atoms with Crippen LogP contribution >= 0.6 is 0 Å². The van der Waals surface area contributed by atoms with Crippen LogP contribution in [0.3, 0.4) is 0 Å². The highest BCUT2D eigenvalue weighted by Crippen LogP contribution is 2.16. The molecule has 1 heterocycles. The molecular weight excluding hydrogens is 222 g/mol. The van der Waals surface area contributed by atoms with Gasteiger partial charge in [0.25, 0.3) is 0 Å². The Bertz CT molecular complexity index is 374. The molecule has 0 aromatic heterocycles. The van der Waals surface area contributed by atoms with E-state index in [-0.39, 0.29) is 6.54 Å². The molecule has 1 aliphatic rings. The van der Waals surface area contributed by atoms with Crippen molar-refractivity contribution in [2.75, 3.05) is 25.1 Å². The number of amides is 1. The van der Waals surface area contributed by atoms with Crippen molar-refractivity contribution in [3.63, 3.8) is 0 Å². The summed E-state index contributed by atoms with van der Waals surface area (Å²) in [4.78, 5) is 23.3. The molecule has 0 aromatic carbocycles. The second kappa shape index (κ2) is 4.18. The average Bonchev–Trinajstić information content (AvgIpc) is 2.47. The van der Waals surface area contributed by atoms with Gasteiger partial charge in [0, 0.05) is 19.3 Å². The quantitative estimate of drug-likeness (QED) is 0.675. The Hall–Kier alpha value is -1.11. The lowest BCUT2D eigenvalue weighted by atomic mass is 10.1. The Balaban J connectivity index is 2.54. The Morgan fingerprint density at radius 3 is 2.47 bits per heavy atom. The van der Waals surface area contributed by atoms with Crippen molar-refractivity contribution in [2.24, 2.45) is 5.92 Å². The van der Waals surface area contributed by atoms with E-state index in [4.69, 9.17) is 5.11 Å². The molecule has 15 heavy (non-hydrogen) atoms. The van der Waals surface area contributed by atoms with E-state index in [1.165, 1.54) is 4.90 Å². The van der Waals surface area contributed by atoms with Crippen molar-refractivity contribution in [1.82, 2.24) is 4.90 Å². The molecule has 1 rings (SSSR count). The molecule has 1 unspecified atom stereocenters. The highest BCUT2D eigenvalue weighted by Gasteiger charge is 2.31. The maximum atomic E-state index is 11.4. The third kappa shape index (κ3) is 3.50. The highest BCUT2D eigenvalue weighted by atomic mass is 32.2. The topological polar surface area (TPSA) is 91.8 Å². The van der Waals surface area contributed by atoms with Crippen molar-refractivity contribution in [2.45, 2.75) is 6.42 Å². The summed E-state index contributed by atoms with van der Waals surface area (Å²) in [6.07, 6.45) is 1.38. The van der Waals surface area contributed by atoms with E-state index in [1.807, 2.05) is 0 Å². The van der Waals surface area contributed by atoms with E-state index in [1.54, 1.807) is 0 Å². The summed E-state index contributed by atoms with van der Waals surface area (Å²) >= 11 is 0. The van der Waals surface area contributed by atoms with Gasteiger partial charge in [0.05, 0.1) is 5.92 Å². The van der Waals surface area contributed by atoms with Crippen molar-refractivity contribution in [1.29, 1.82) is 0 Å². The van der Waals surface area contributed by atoms with Crippen molar-refractivity contribution in [3.8, 4) is 0 Å². The van der Waals surface area contributed by atoms with Crippen molar-refractivity contribution < 1.29 is 23.1 Å². The second-order valence-electron chi connectivity index (χ2n) is 3.73. The number of carboxylic acid groups (broad SMARTS) is 1. The molecule has 7 heteroatoms. The fraction of sp³-hybridized carbons (Fsp3) is 0.750. The molecule has 1 N–H and O–H groups in total. The summed E-state index contributed by atoms with van der Waals surface area (Å²) in [5, 5.41) is 8.69. The van der Waals surface area contributed by atoms with Crippen LogP contribution in [0.25, 0.3) is 0 Å². The van der Waals surface area contributed by atoms with Gasteiger partial charge in [-0.3, -0.25) is 9.59 Å². The number of carbonyl (C=O) groups excluding carboxylic acids is 1. The molecule has 1 amide bonds. The van der Waals surface area contributed by atoms with Gasteiger partial charge in [-0.15, -0.1) is 0 Å². The molecule has 0 saturated carbocycles. The Labute approximate surface area is 87.8 Å². The number of rotatable bonds is 3. The first kappa shape index (κ1) is 12.0. The fourth-order valence-electron chi connectivity index (χ4n) is 1.50. The molecule has 1 fully saturated rings. The maximum absolute atomic E-state index is 11.4. The lowest BCUT2D eigenvalue weighted by Gasteiger charge is -2.14. The van der Waals surface area contributed by atoms with E-state index in [0.29, 0.717) is 13.0 Å². The van der Waals surface area contributed by atoms with Crippen molar-refractivity contribution >= 4 is 21.7 Å². The molecule has 86 valence electrons. The van der Waals surface area contributed by atoms with Crippen LogP contribution in [0.4, 0.5) is 0 Å². The van der Waals surface area contributed by atoms with Crippen LogP contribution in [0.1, 0.15) is 6.42 Å². The van der Waals surface area contributed by atoms with Crippen LogP contribution in [0.5, 0.6) is 0 Å². The first-order chi connectivity index (χ1) is 6.79. The van der Waals surface area contributed by atoms with Gasteiger partial charge >= 0.3 is 5.97 Å². The second-order valence-corrected chi connectivity index (χ2v) is 5.87. The molecule has 0 spiro atoms. The number of hydrogen-bond acceptors (Lipinski definition) is 4. The van der Waals surface area contributed by atoms with E-state index in [0.717, 1.165) is 6.26 Å². The van der Waals surface area contributed by atoms with Crippen molar-refractivity contribution in [3.05, 3.63) is 0 Å². The molecular formula is C8H13NO5S. The lowest BCUT2D eigenvalue weighted by Crippen LogP contribution is -2.34. The van der Waals surface area contributed by atoms with Gasteiger partial charge in [0.15, 0.2) is 9.84 Å². The number of likely N-dealkylation sites (tertiary alicyclic amines) is 1. The molecule has 0 radical (unpaired) electrons. The highest BCUT2D eigenvalue weighted by molar-refractivity contribution is 7.91. The molecule has 0 aromatic rings. The average molecular weight is 235 g/mol. The Morgan fingerprint density at radius 1 is 1.47 bits per heavy atom. The van der Waals surface area contributed by atoms with E-state index >= 15 is 0 Å². The molecule has 1 atom stereocenters. The largest absolute Gasteiger partial charge is 0.481 e. The van der Waals surface area contributed by atoms with Gasteiger partial charge in [-0.25, -0.2) is 8.42 Å². The van der Waals surface area contributed by atoms with Gasteiger partial charge in [0.1, 0.15) is 5.75 Å². The summed E-state index contributed by atoms with van der Waals surface area (Å²) in [5.41, 5.74) is 0. The predicted octanol–water partition coefficient (Wildman–Crippen LogP) is -1.04. The van der Waals surface area contributed by atoms with Crippen LogP contribution in [0, 0.1) is 5.92 Å². The van der Waals surface area contributed by atoms with Crippen LogP contribution in [0.2, 0.25) is 0 Å². The fourth-order valence-corrected chi connectivity index (χ4v) is 2.14. The summed E-state index contributed by atoms with van der Waals surface area (Å²) in [6.45, 7) is 0.439. The Morgan fingerprint density at radius 2 is 2.07 bits per heavy atom. The minimum Gasteiger partial charge on any atom is -0.481 e. The normalized spacial score (nSPS) is 21.7. The first-order valence-electron chi connectivity index (χ1n) is 4.48. The molecule has 0 bridgehead atoms. The van der Waals surface area contributed by atoms with Crippen LogP contribution in [-0.4, -0.2) is 55.4 Å². The summed E-state index contributed by atoms with van der Waals surface area (Å²) in [5.74, 6) is -2.56. The number of nitrogens with zero attached hydrogens (tertiary/aromatic N) is 1. The standard InChI is InChI=1S/C8H13NO5S/c1-15(13,14)5-7(10)9-3-2-6(4-9)8(11)12/h6H,2-5H2,1H3,(H,11,12).